The summed E-state index contributed by atoms with van der Waals surface area (Å²) in [6, 6.07) is 0. The fourth-order valence-electron chi connectivity index (χ4n) is 1.72. The summed E-state index contributed by atoms with van der Waals surface area (Å²) in [4.78, 5) is 0. The highest BCUT2D eigenvalue weighted by atomic mass is 16.8. The van der Waals surface area contributed by atoms with Gasteiger partial charge in [0.25, 0.3) is 0 Å². The van der Waals surface area contributed by atoms with E-state index in [0.29, 0.717) is 0 Å². The van der Waals surface area contributed by atoms with Crippen LogP contribution >= 0.6 is 0 Å². The van der Waals surface area contributed by atoms with Crippen LogP contribution in [0.2, 0.25) is 0 Å². The normalized spacial score (nSPS) is 44.6. The van der Waals surface area contributed by atoms with Gasteiger partial charge in [-0.3, -0.25) is 0 Å². The van der Waals surface area contributed by atoms with Crippen molar-refractivity contribution < 1.29 is 29.2 Å². The molecule has 6 heteroatoms. The minimum atomic E-state index is -1.14. The third-order valence-electron chi connectivity index (χ3n) is 3.13. The lowest BCUT2D eigenvalue weighted by atomic mass is 10.0. The van der Waals surface area contributed by atoms with Gasteiger partial charge < -0.3 is 29.2 Å². The molecule has 1 rings (SSSR count). The Bertz CT molecular complexity index is 211. The van der Waals surface area contributed by atoms with Gasteiger partial charge in [-0.25, -0.2) is 0 Å². The first-order valence-electron chi connectivity index (χ1n) is 5.14. The predicted molar refractivity (Wildman–Crippen MR) is 54.7 cm³/mol. The Hall–Kier alpha value is -0.240. The lowest BCUT2D eigenvalue weighted by Gasteiger charge is -2.51. The maximum absolute atomic E-state index is 9.15. The molecule has 0 saturated carbocycles. The van der Waals surface area contributed by atoms with Gasteiger partial charge in [0, 0.05) is 14.2 Å². The highest BCUT2D eigenvalue weighted by Crippen LogP contribution is 2.38. The molecule has 96 valence electrons. The molecule has 1 aliphatic rings. The van der Waals surface area contributed by atoms with Crippen LogP contribution in [0.1, 0.15) is 13.8 Å². The molecule has 2 N–H and O–H groups in total. The fourth-order valence-corrected chi connectivity index (χ4v) is 1.72. The highest BCUT2D eigenvalue weighted by molar-refractivity contribution is 4.90. The maximum Gasteiger partial charge on any atom is 0.220 e. The minimum absolute atomic E-state index is 0.260. The van der Waals surface area contributed by atoms with Gasteiger partial charge in [-0.05, 0) is 13.8 Å². The summed E-state index contributed by atoms with van der Waals surface area (Å²) in [7, 11) is 2.93. The van der Waals surface area contributed by atoms with Crippen LogP contribution in [0, 0.1) is 0 Å². The zero-order chi connectivity index (χ0) is 12.4. The summed E-state index contributed by atoms with van der Waals surface area (Å²) in [5.74, 6) is -2.28. The smallest absolute Gasteiger partial charge is 0.220 e. The van der Waals surface area contributed by atoms with E-state index in [4.69, 9.17) is 29.2 Å². The molecule has 1 aliphatic heterocycles. The molecule has 0 bridgehead atoms. The van der Waals surface area contributed by atoms with E-state index in [1.807, 2.05) is 0 Å². The molecule has 16 heavy (non-hydrogen) atoms. The molecule has 1 fully saturated rings. The Labute approximate surface area is 95.1 Å². The van der Waals surface area contributed by atoms with Crippen LogP contribution in [0.25, 0.3) is 0 Å². The van der Waals surface area contributed by atoms with Crippen molar-refractivity contribution in [1.29, 1.82) is 0 Å². The molecule has 0 aromatic rings. The summed E-state index contributed by atoms with van der Waals surface area (Å²) in [5.41, 5.74) is 0. The van der Waals surface area contributed by atoms with Crippen molar-refractivity contribution in [3.63, 3.8) is 0 Å². The average Bonchev–Trinajstić information content (AvgIpc) is 2.31. The van der Waals surface area contributed by atoms with Crippen LogP contribution in [-0.2, 0) is 18.9 Å². The maximum atomic E-state index is 9.15. The molecule has 1 heterocycles. The summed E-state index contributed by atoms with van der Waals surface area (Å²) in [5, 5.41) is 18.3. The molecule has 0 spiro atoms. The molecule has 0 aromatic carbocycles. The standard InChI is InChI=1S/C10H20O6/c1-9(13-3)10(2,14-4)16-8(6-12)7(5-11)15-9/h7-8,11-12H,5-6H2,1-4H3/t7-,8-,9+,10+/m0/s1. The van der Waals surface area contributed by atoms with E-state index in [1.165, 1.54) is 14.2 Å². The van der Waals surface area contributed by atoms with Gasteiger partial charge in [-0.15, -0.1) is 0 Å². The third-order valence-corrected chi connectivity index (χ3v) is 3.13. The molecule has 1 saturated heterocycles. The van der Waals surface area contributed by atoms with E-state index in [2.05, 4.69) is 0 Å². The number of aliphatic hydroxyl groups is 2. The van der Waals surface area contributed by atoms with Crippen LogP contribution in [0.4, 0.5) is 0 Å². The first-order chi connectivity index (χ1) is 7.46. The van der Waals surface area contributed by atoms with Crippen molar-refractivity contribution in [2.75, 3.05) is 27.4 Å². The van der Waals surface area contributed by atoms with E-state index in [1.54, 1.807) is 13.8 Å². The number of aliphatic hydroxyl groups excluding tert-OH is 2. The summed E-state index contributed by atoms with van der Waals surface area (Å²) >= 11 is 0. The van der Waals surface area contributed by atoms with E-state index >= 15 is 0 Å². The van der Waals surface area contributed by atoms with E-state index in [9.17, 15) is 0 Å². The van der Waals surface area contributed by atoms with Crippen molar-refractivity contribution >= 4 is 0 Å². The second kappa shape index (κ2) is 4.95. The lowest BCUT2D eigenvalue weighted by molar-refractivity contribution is -0.451. The first-order valence-corrected chi connectivity index (χ1v) is 5.14. The lowest BCUT2D eigenvalue weighted by Crippen LogP contribution is -2.66. The van der Waals surface area contributed by atoms with Crippen molar-refractivity contribution in [2.45, 2.75) is 37.6 Å². The van der Waals surface area contributed by atoms with Gasteiger partial charge in [0.15, 0.2) is 0 Å². The second-order valence-corrected chi connectivity index (χ2v) is 3.98. The van der Waals surface area contributed by atoms with Gasteiger partial charge >= 0.3 is 0 Å². The quantitative estimate of drug-likeness (QED) is 0.684. The topological polar surface area (TPSA) is 77.4 Å². The van der Waals surface area contributed by atoms with Gasteiger partial charge in [-0.1, -0.05) is 0 Å². The molecule has 0 aromatic heterocycles. The zero-order valence-electron chi connectivity index (χ0n) is 10.1. The molecule has 4 atom stereocenters. The average molecular weight is 236 g/mol. The van der Waals surface area contributed by atoms with Gasteiger partial charge in [-0.2, -0.15) is 0 Å². The van der Waals surface area contributed by atoms with E-state index in [0.717, 1.165) is 0 Å². The number of rotatable bonds is 4. The number of methoxy groups -OCH3 is 2. The number of hydrogen-bond donors (Lipinski definition) is 2. The first kappa shape index (κ1) is 13.8. The van der Waals surface area contributed by atoms with Crippen molar-refractivity contribution in [3.8, 4) is 0 Å². The van der Waals surface area contributed by atoms with Crippen LogP contribution < -0.4 is 0 Å². The molecule has 0 unspecified atom stereocenters. The number of ether oxygens (including phenoxy) is 4. The SMILES string of the molecule is CO[C@]1(C)O[C@@H](CO)[C@H](CO)O[C@@]1(C)OC. The predicted octanol–water partition coefficient (Wildman–Crippen LogP) is -0.520. The Morgan fingerprint density at radius 2 is 1.25 bits per heavy atom. The second-order valence-electron chi connectivity index (χ2n) is 3.98. The van der Waals surface area contributed by atoms with E-state index in [-0.39, 0.29) is 13.2 Å². The summed E-state index contributed by atoms with van der Waals surface area (Å²) in [6.07, 6.45) is -1.28. The molecular weight excluding hydrogens is 216 g/mol. The van der Waals surface area contributed by atoms with Crippen LogP contribution in [0.15, 0.2) is 0 Å². The van der Waals surface area contributed by atoms with E-state index < -0.39 is 23.8 Å². The van der Waals surface area contributed by atoms with Crippen LogP contribution in [-0.4, -0.2) is 61.4 Å². The Morgan fingerprint density at radius 3 is 1.44 bits per heavy atom. The molecule has 0 aliphatic carbocycles. The van der Waals surface area contributed by atoms with Crippen molar-refractivity contribution in [2.24, 2.45) is 0 Å². The van der Waals surface area contributed by atoms with Gasteiger partial charge in [0.05, 0.1) is 13.2 Å². The molecular formula is C10H20O6. The molecule has 0 radical (unpaired) electrons. The Morgan fingerprint density at radius 1 is 0.938 bits per heavy atom. The largest absolute Gasteiger partial charge is 0.394 e. The Kier molecular flexibility index (Phi) is 4.28. The van der Waals surface area contributed by atoms with Crippen molar-refractivity contribution in [3.05, 3.63) is 0 Å². The molecule has 6 nitrogen and oxygen atoms in total. The van der Waals surface area contributed by atoms with Gasteiger partial charge in [0.2, 0.25) is 11.6 Å². The summed E-state index contributed by atoms with van der Waals surface area (Å²) in [6.45, 7) is 2.80. The van der Waals surface area contributed by atoms with Crippen LogP contribution in [0.3, 0.4) is 0 Å². The van der Waals surface area contributed by atoms with Gasteiger partial charge in [0.1, 0.15) is 12.2 Å². The summed E-state index contributed by atoms with van der Waals surface area (Å²) < 4.78 is 21.7. The third kappa shape index (κ3) is 2.09. The monoisotopic (exact) mass is 236 g/mol. The highest BCUT2D eigenvalue weighted by Gasteiger charge is 2.56. The fraction of sp³-hybridized carbons (Fsp3) is 1.00. The van der Waals surface area contributed by atoms with Crippen LogP contribution in [0.5, 0.6) is 0 Å². The Balaban J connectivity index is 2.94. The van der Waals surface area contributed by atoms with Crippen molar-refractivity contribution in [1.82, 2.24) is 0 Å². The minimum Gasteiger partial charge on any atom is -0.394 e. The molecule has 0 amide bonds. The zero-order valence-corrected chi connectivity index (χ0v) is 10.1. The number of hydrogen-bond acceptors (Lipinski definition) is 6.